The van der Waals surface area contributed by atoms with Gasteiger partial charge < -0.3 is 24.7 Å². The molecule has 2 atom stereocenters. The highest BCUT2D eigenvalue weighted by molar-refractivity contribution is 7.70. The van der Waals surface area contributed by atoms with Crippen LogP contribution in [-0.4, -0.2) is 82.6 Å². The molecule has 0 spiro atoms. The second kappa shape index (κ2) is 13.7. The maximum atomic E-state index is 15.4. The van der Waals surface area contributed by atoms with Crippen molar-refractivity contribution in [3.05, 3.63) is 46.8 Å². The minimum Gasteiger partial charge on any atom is -0.495 e. The summed E-state index contributed by atoms with van der Waals surface area (Å²) in [7, 11) is -0.961. The zero-order valence-electron chi connectivity index (χ0n) is 25.1. The number of nitrogens with one attached hydrogen (secondary N) is 2. The summed E-state index contributed by atoms with van der Waals surface area (Å²) in [5.74, 6) is 6.41. The van der Waals surface area contributed by atoms with E-state index in [4.69, 9.17) is 9.47 Å². The van der Waals surface area contributed by atoms with Crippen LogP contribution < -0.4 is 20.7 Å². The molecule has 3 aromatic rings. The lowest BCUT2D eigenvalue weighted by molar-refractivity contribution is -0.126. The van der Waals surface area contributed by atoms with E-state index in [1.807, 2.05) is 0 Å². The molecule has 6 nitrogen and oxygen atoms in total. The van der Waals surface area contributed by atoms with E-state index in [1.54, 1.807) is 49.7 Å². The summed E-state index contributed by atoms with van der Waals surface area (Å²) < 4.78 is 80.4. The van der Waals surface area contributed by atoms with Crippen molar-refractivity contribution in [3.8, 4) is 17.6 Å². The fraction of sp³-hybridized carbons (Fsp3) is 0.500. The summed E-state index contributed by atoms with van der Waals surface area (Å²) in [5.41, 5.74) is 1.40. The third kappa shape index (κ3) is 7.89. The van der Waals surface area contributed by atoms with Crippen molar-refractivity contribution in [2.75, 3.05) is 63.9 Å². The molecular weight excluding hydrogens is 613 g/mol. The van der Waals surface area contributed by atoms with Crippen LogP contribution in [0.5, 0.6) is 5.75 Å². The van der Waals surface area contributed by atoms with Crippen molar-refractivity contribution in [1.82, 2.24) is 4.90 Å². The predicted molar refractivity (Wildman–Crippen MR) is 171 cm³/mol. The van der Waals surface area contributed by atoms with Crippen molar-refractivity contribution in [2.45, 2.75) is 50.1 Å². The molecule has 2 aromatic carbocycles. The number of alkyl halides is 4. The average Bonchev–Trinajstić information content (AvgIpc) is 3.32. The maximum Gasteiger partial charge on any atom is 0.393 e. The van der Waals surface area contributed by atoms with Crippen LogP contribution in [-0.2, 0) is 15.7 Å². The van der Waals surface area contributed by atoms with Gasteiger partial charge in [0.2, 0.25) is 0 Å². The lowest BCUT2D eigenvalue weighted by atomic mass is 9.98. The maximum absolute atomic E-state index is 15.4. The molecule has 0 unspecified atom stereocenters. The number of halogens is 4. The van der Waals surface area contributed by atoms with Crippen molar-refractivity contribution in [1.29, 1.82) is 0 Å². The van der Waals surface area contributed by atoms with Crippen LogP contribution in [0.15, 0.2) is 36.4 Å². The molecule has 0 bridgehead atoms. The van der Waals surface area contributed by atoms with E-state index in [2.05, 4.69) is 27.4 Å². The minimum absolute atomic E-state index is 0.128. The molecule has 0 saturated carbocycles. The fourth-order valence-electron chi connectivity index (χ4n) is 5.86. The second-order valence-electron chi connectivity index (χ2n) is 11.7. The molecule has 238 valence electrons. The Hall–Kier alpha value is -2.77. The van der Waals surface area contributed by atoms with Gasteiger partial charge in [0.05, 0.1) is 47.1 Å². The van der Waals surface area contributed by atoms with Gasteiger partial charge in [0.15, 0.2) is 0 Å². The molecular formula is C32H38F4N3O3PS. The first-order chi connectivity index (χ1) is 20.9. The quantitative estimate of drug-likeness (QED) is 0.160. The van der Waals surface area contributed by atoms with Gasteiger partial charge in [-0.15, -0.1) is 11.3 Å². The predicted octanol–water partition coefficient (Wildman–Crippen LogP) is 6.73. The van der Waals surface area contributed by atoms with Gasteiger partial charge in [0.1, 0.15) is 19.1 Å². The van der Waals surface area contributed by atoms with Gasteiger partial charge in [-0.25, -0.2) is 4.39 Å². The lowest BCUT2D eigenvalue weighted by Crippen LogP contribution is -2.52. The summed E-state index contributed by atoms with van der Waals surface area (Å²) in [5, 5.41) is 7.63. The smallest absolute Gasteiger partial charge is 0.393 e. The van der Waals surface area contributed by atoms with Gasteiger partial charge in [-0.2, -0.15) is 13.2 Å². The van der Waals surface area contributed by atoms with Crippen molar-refractivity contribution < 1.29 is 31.6 Å². The van der Waals surface area contributed by atoms with Crippen molar-refractivity contribution in [3.63, 3.8) is 0 Å². The molecule has 2 fully saturated rings. The molecule has 5 rings (SSSR count). The van der Waals surface area contributed by atoms with Crippen LogP contribution in [0.4, 0.5) is 28.9 Å². The molecule has 2 aliphatic heterocycles. The third-order valence-electron chi connectivity index (χ3n) is 8.19. The first-order valence-electron chi connectivity index (χ1n) is 14.7. The number of nitrogens with zero attached hydrogens (tertiary/aromatic N) is 1. The van der Waals surface area contributed by atoms with Crippen LogP contribution in [0, 0.1) is 11.8 Å². The van der Waals surface area contributed by atoms with E-state index in [-0.39, 0.29) is 12.1 Å². The Morgan fingerprint density at radius 3 is 2.59 bits per heavy atom. The molecule has 0 aliphatic carbocycles. The first-order valence-corrected chi connectivity index (χ1v) is 18.1. The Kier molecular flexibility index (Phi) is 10.2. The normalized spacial score (nSPS) is 20.2. The van der Waals surface area contributed by atoms with E-state index in [1.165, 1.54) is 18.4 Å². The van der Waals surface area contributed by atoms with E-state index >= 15 is 4.39 Å². The van der Waals surface area contributed by atoms with Gasteiger partial charge >= 0.3 is 6.18 Å². The number of fused-ring (bicyclic) bond motifs is 1. The van der Waals surface area contributed by atoms with Gasteiger partial charge in [0.25, 0.3) is 0 Å². The standard InChI is InChI=1S/C32H38F4N3O3PS/c1-41-29-18-22(43(2,3)40)9-10-27(29)37-14-5-8-30-24(19-32(34,35)36)23-6-4-7-28(31(23)44-30)38-26-11-15-39(20-25(26)33)21-12-16-42-17-13-21/h4,6-7,9-10,18,21,25-26,37-38H,11-17,19-20H2,1-3H3/t25-,26+/m1/s1. The highest BCUT2D eigenvalue weighted by Gasteiger charge is 2.34. The van der Waals surface area contributed by atoms with Gasteiger partial charge in [-0.05, 0) is 67.8 Å². The van der Waals surface area contributed by atoms with Crippen LogP contribution in [0.3, 0.4) is 0 Å². The van der Waals surface area contributed by atoms with E-state index in [0.29, 0.717) is 69.6 Å². The number of hydrogen-bond donors (Lipinski definition) is 2. The number of methoxy groups -OCH3 is 1. The molecule has 0 radical (unpaired) electrons. The largest absolute Gasteiger partial charge is 0.495 e. The van der Waals surface area contributed by atoms with Gasteiger partial charge in [-0.3, -0.25) is 4.90 Å². The Balaban J connectivity index is 1.34. The van der Waals surface area contributed by atoms with Crippen molar-refractivity contribution >= 4 is 45.2 Å². The number of ether oxygens (including phenoxy) is 2. The number of hydrogen-bond acceptors (Lipinski definition) is 7. The lowest BCUT2D eigenvalue weighted by Gasteiger charge is -2.41. The number of anilines is 2. The number of likely N-dealkylation sites (tertiary alicyclic amines) is 1. The zero-order chi connectivity index (χ0) is 31.5. The summed E-state index contributed by atoms with van der Waals surface area (Å²) in [6.07, 6.45) is -4.21. The Labute approximate surface area is 259 Å². The molecule has 2 aliphatic rings. The Morgan fingerprint density at radius 1 is 1.14 bits per heavy atom. The molecule has 2 saturated heterocycles. The number of rotatable bonds is 8. The van der Waals surface area contributed by atoms with Crippen LogP contribution in [0.1, 0.15) is 29.7 Å². The number of piperidine rings is 1. The molecule has 1 aromatic heterocycles. The van der Waals surface area contributed by atoms with Gasteiger partial charge in [-0.1, -0.05) is 24.0 Å². The highest BCUT2D eigenvalue weighted by Crippen LogP contribution is 2.40. The van der Waals surface area contributed by atoms with Gasteiger partial charge in [0, 0.05) is 37.6 Å². The van der Waals surface area contributed by atoms with Crippen LogP contribution in [0.25, 0.3) is 10.1 Å². The zero-order valence-corrected chi connectivity index (χ0v) is 26.8. The Bertz CT molecular complexity index is 1570. The van der Waals surface area contributed by atoms with E-state index in [9.17, 15) is 17.7 Å². The summed E-state index contributed by atoms with van der Waals surface area (Å²) >= 11 is 1.20. The molecule has 12 heteroatoms. The van der Waals surface area contributed by atoms with Crippen LogP contribution >= 0.6 is 18.5 Å². The molecule has 0 amide bonds. The molecule has 3 heterocycles. The van der Waals surface area contributed by atoms with E-state index < -0.39 is 32.0 Å². The minimum atomic E-state index is -4.42. The van der Waals surface area contributed by atoms with Crippen LogP contribution in [0.2, 0.25) is 0 Å². The number of benzene rings is 2. The topological polar surface area (TPSA) is 62.8 Å². The summed E-state index contributed by atoms with van der Waals surface area (Å²) in [4.78, 5) is 2.54. The monoisotopic (exact) mass is 651 g/mol. The number of thiophene rings is 1. The summed E-state index contributed by atoms with van der Waals surface area (Å²) in [6, 6.07) is 10.3. The van der Waals surface area contributed by atoms with E-state index in [0.717, 1.165) is 19.4 Å². The Morgan fingerprint density at radius 2 is 1.91 bits per heavy atom. The fourth-order valence-corrected chi connectivity index (χ4v) is 7.89. The molecule has 44 heavy (non-hydrogen) atoms. The SMILES string of the molecule is COc1cc(P(C)(C)=O)ccc1NCC#Cc1sc2c(N[C@H]3CCN(C4CCOCC4)C[C@H]3F)cccc2c1CC(F)(F)F. The summed E-state index contributed by atoms with van der Waals surface area (Å²) in [6.45, 7) is 6.00. The first kappa shape index (κ1) is 32.6. The molecule has 2 N–H and O–H groups in total. The van der Waals surface area contributed by atoms with Crippen molar-refractivity contribution in [2.24, 2.45) is 0 Å². The average molecular weight is 652 g/mol. The third-order valence-corrected chi connectivity index (χ3v) is 10.9. The second-order valence-corrected chi connectivity index (χ2v) is 15.9. The highest BCUT2D eigenvalue weighted by atomic mass is 32.1.